The van der Waals surface area contributed by atoms with Gasteiger partial charge in [-0.05, 0) is 6.42 Å². The van der Waals surface area contributed by atoms with Crippen molar-refractivity contribution >= 4 is 17.8 Å². The van der Waals surface area contributed by atoms with E-state index in [2.05, 4.69) is 10.1 Å². The molecule has 0 aliphatic carbocycles. The number of hydrogen-bond acceptors (Lipinski definition) is 12. The summed E-state index contributed by atoms with van der Waals surface area (Å²) in [7, 11) is 1.31. The molecule has 0 fully saturated rings. The number of amides is 1. The largest absolute Gasteiger partial charge is 0.481 e. The van der Waals surface area contributed by atoms with Crippen LogP contribution in [0.25, 0.3) is 0 Å². The second kappa shape index (κ2) is 29.6. The highest BCUT2D eigenvalue weighted by atomic mass is 16.6. The molecule has 0 heterocycles. The van der Waals surface area contributed by atoms with Crippen molar-refractivity contribution in [2.45, 2.75) is 19.3 Å². The Morgan fingerprint density at radius 1 is 0.553 bits per heavy atom. The number of carbonyl (C=O) groups is 3. The fourth-order valence-corrected chi connectivity index (χ4v) is 2.46. The molecule has 224 valence electrons. The van der Waals surface area contributed by atoms with Crippen LogP contribution in [0.1, 0.15) is 19.3 Å². The van der Waals surface area contributed by atoms with Crippen LogP contribution >= 0.6 is 0 Å². The van der Waals surface area contributed by atoms with Gasteiger partial charge in [0.2, 0.25) is 5.91 Å². The van der Waals surface area contributed by atoms with E-state index in [1.54, 1.807) is 0 Å². The Balaban J connectivity index is 3.10. The molecule has 0 aliphatic rings. The summed E-state index contributed by atoms with van der Waals surface area (Å²) >= 11 is 0. The summed E-state index contributed by atoms with van der Waals surface area (Å²) in [6.07, 6.45) is 0.472. The normalized spacial score (nSPS) is 11.0. The molecule has 0 unspecified atom stereocenters. The molecule has 0 radical (unpaired) electrons. The van der Waals surface area contributed by atoms with Crippen molar-refractivity contribution in [2.75, 3.05) is 119 Å². The predicted octanol–water partition coefficient (Wildman–Crippen LogP) is -0.337. The number of nitrogens with one attached hydrogen (secondary N) is 1. The van der Waals surface area contributed by atoms with Crippen LogP contribution in [-0.2, 0) is 57.0 Å². The van der Waals surface area contributed by atoms with Gasteiger partial charge in [0.1, 0.15) is 6.61 Å². The third kappa shape index (κ3) is 30.3. The first-order chi connectivity index (χ1) is 18.6. The van der Waals surface area contributed by atoms with Crippen molar-refractivity contribution in [3.63, 3.8) is 0 Å². The maximum Gasteiger partial charge on any atom is 0.331 e. The number of aliphatic carboxylic acids is 1. The average Bonchev–Trinajstić information content (AvgIpc) is 2.91. The molecule has 0 rings (SSSR count). The molecular weight excluding hydrogens is 510 g/mol. The van der Waals surface area contributed by atoms with Gasteiger partial charge in [-0.25, -0.2) is 4.79 Å². The quantitative estimate of drug-likeness (QED) is 0.0874. The molecule has 0 saturated heterocycles. The summed E-state index contributed by atoms with van der Waals surface area (Å²) in [6.45, 7) is 7.07. The summed E-state index contributed by atoms with van der Waals surface area (Å²) in [6, 6.07) is 0. The van der Waals surface area contributed by atoms with Gasteiger partial charge in [-0.1, -0.05) is 0 Å². The average molecular weight is 556 g/mol. The fraction of sp³-hybridized carbons (Fsp3) is 0.875. The summed E-state index contributed by atoms with van der Waals surface area (Å²) in [5.41, 5.74) is 0. The number of hydrogen-bond donors (Lipinski definition) is 2. The van der Waals surface area contributed by atoms with E-state index in [0.29, 0.717) is 112 Å². The minimum atomic E-state index is -0.985. The van der Waals surface area contributed by atoms with Gasteiger partial charge in [-0.2, -0.15) is 0 Å². The molecule has 0 saturated carbocycles. The van der Waals surface area contributed by atoms with Crippen LogP contribution in [0.5, 0.6) is 0 Å². The van der Waals surface area contributed by atoms with Crippen molar-refractivity contribution < 1.29 is 62.1 Å². The van der Waals surface area contributed by atoms with Crippen LogP contribution in [0, 0.1) is 0 Å². The molecule has 0 aliphatic heterocycles. The highest BCUT2D eigenvalue weighted by Crippen LogP contribution is 1.90. The minimum Gasteiger partial charge on any atom is -0.481 e. The van der Waals surface area contributed by atoms with Gasteiger partial charge in [0.05, 0.1) is 106 Å². The highest BCUT2D eigenvalue weighted by Gasteiger charge is 2.04. The van der Waals surface area contributed by atoms with Gasteiger partial charge in [0, 0.05) is 19.6 Å². The summed E-state index contributed by atoms with van der Waals surface area (Å²) in [5.74, 6) is -1.67. The molecule has 0 spiro atoms. The molecule has 1 amide bonds. The number of ether oxygens (including phenoxy) is 9. The molecule has 0 aromatic carbocycles. The Bertz CT molecular complexity index is 565. The van der Waals surface area contributed by atoms with E-state index in [-0.39, 0.29) is 25.4 Å². The first-order valence-corrected chi connectivity index (χ1v) is 12.7. The van der Waals surface area contributed by atoms with Crippen molar-refractivity contribution in [2.24, 2.45) is 0 Å². The molecule has 0 aromatic rings. The number of rotatable bonds is 30. The van der Waals surface area contributed by atoms with Crippen LogP contribution in [0.15, 0.2) is 0 Å². The second-order valence-corrected chi connectivity index (χ2v) is 7.51. The Morgan fingerprint density at radius 3 is 1.29 bits per heavy atom. The first kappa shape index (κ1) is 36.1. The zero-order valence-electron chi connectivity index (χ0n) is 22.5. The Kier molecular flexibility index (Phi) is 28.2. The Morgan fingerprint density at radius 2 is 0.921 bits per heavy atom. The van der Waals surface area contributed by atoms with Crippen LogP contribution in [0.2, 0.25) is 0 Å². The monoisotopic (exact) mass is 555 g/mol. The smallest absolute Gasteiger partial charge is 0.331 e. The molecule has 0 bridgehead atoms. The van der Waals surface area contributed by atoms with Gasteiger partial charge in [0.15, 0.2) is 0 Å². The highest BCUT2D eigenvalue weighted by molar-refractivity contribution is 5.80. The lowest BCUT2D eigenvalue weighted by Gasteiger charge is -2.09. The van der Waals surface area contributed by atoms with Crippen LogP contribution < -0.4 is 5.32 Å². The van der Waals surface area contributed by atoms with Crippen molar-refractivity contribution in [1.29, 1.82) is 0 Å². The summed E-state index contributed by atoms with van der Waals surface area (Å²) in [5, 5.41) is 11.1. The van der Waals surface area contributed by atoms with Gasteiger partial charge in [-0.15, -0.1) is 0 Å². The van der Waals surface area contributed by atoms with Crippen LogP contribution in [0.4, 0.5) is 0 Å². The van der Waals surface area contributed by atoms with Crippen molar-refractivity contribution in [1.82, 2.24) is 5.32 Å². The maximum absolute atomic E-state index is 11.3. The lowest BCUT2D eigenvalue weighted by Crippen LogP contribution is -2.25. The predicted molar refractivity (Wildman–Crippen MR) is 133 cm³/mol. The van der Waals surface area contributed by atoms with E-state index in [9.17, 15) is 14.4 Å². The molecular formula is C24H45NO13. The molecule has 0 aromatic heterocycles. The van der Waals surface area contributed by atoms with Crippen LogP contribution in [-0.4, -0.2) is 142 Å². The molecule has 0 atom stereocenters. The molecule has 2 N–H and O–H groups in total. The third-order valence-electron chi connectivity index (χ3n) is 4.41. The Labute approximate surface area is 224 Å². The molecule has 14 heteroatoms. The number of carboxylic acids is 1. The first-order valence-electron chi connectivity index (χ1n) is 12.7. The zero-order valence-corrected chi connectivity index (χ0v) is 22.5. The van der Waals surface area contributed by atoms with E-state index in [1.807, 2.05) is 0 Å². The number of carboxylic acid groups (broad SMARTS) is 1. The van der Waals surface area contributed by atoms with Gasteiger partial charge >= 0.3 is 11.9 Å². The number of methoxy groups -OCH3 is 1. The van der Waals surface area contributed by atoms with Crippen molar-refractivity contribution in [3.8, 4) is 0 Å². The van der Waals surface area contributed by atoms with E-state index < -0.39 is 11.9 Å². The summed E-state index contributed by atoms with van der Waals surface area (Å²) in [4.78, 5) is 32.5. The molecule has 14 nitrogen and oxygen atoms in total. The van der Waals surface area contributed by atoms with Crippen LogP contribution in [0.3, 0.4) is 0 Å². The maximum atomic E-state index is 11.3. The fourth-order valence-electron chi connectivity index (χ4n) is 2.46. The topological polar surface area (TPSA) is 167 Å². The standard InChI is InChI=1S/C24H45NO13/c1-30-24(29)21-38-20-19-37-18-17-36-16-15-35-14-13-34-12-11-33-10-9-32-8-7-31-6-2-5-25-22(26)3-4-23(27)28/h2-21H2,1H3,(H,25,26)(H,27,28). The van der Waals surface area contributed by atoms with Gasteiger partial charge in [0.25, 0.3) is 0 Å². The van der Waals surface area contributed by atoms with Gasteiger partial charge < -0.3 is 53.1 Å². The van der Waals surface area contributed by atoms with Crippen molar-refractivity contribution in [3.05, 3.63) is 0 Å². The second-order valence-electron chi connectivity index (χ2n) is 7.51. The lowest BCUT2D eigenvalue weighted by atomic mass is 10.3. The minimum absolute atomic E-state index is 0.0118. The Hall–Kier alpha value is -1.91. The summed E-state index contributed by atoms with van der Waals surface area (Å²) < 4.78 is 47.2. The SMILES string of the molecule is COC(=O)COCCOCCOCCOCCOCCOCCOCCOCCCNC(=O)CCC(=O)O. The van der Waals surface area contributed by atoms with E-state index in [1.165, 1.54) is 7.11 Å². The third-order valence-corrected chi connectivity index (χ3v) is 4.41. The number of esters is 1. The van der Waals surface area contributed by atoms with Gasteiger partial charge in [-0.3, -0.25) is 9.59 Å². The number of carbonyl (C=O) groups excluding carboxylic acids is 2. The van der Waals surface area contributed by atoms with E-state index >= 15 is 0 Å². The zero-order chi connectivity index (χ0) is 27.9. The lowest BCUT2D eigenvalue weighted by molar-refractivity contribution is -0.146. The van der Waals surface area contributed by atoms with E-state index in [4.69, 9.17) is 43.0 Å². The molecule has 38 heavy (non-hydrogen) atoms. The van der Waals surface area contributed by atoms with E-state index in [0.717, 1.165) is 0 Å².